The summed E-state index contributed by atoms with van der Waals surface area (Å²) in [6.07, 6.45) is 2.09. The first-order chi connectivity index (χ1) is 11.2. The highest BCUT2D eigenvalue weighted by Crippen LogP contribution is 2.16. The highest BCUT2D eigenvalue weighted by atomic mass is 35.5. The van der Waals surface area contributed by atoms with Crippen LogP contribution in [0.25, 0.3) is 0 Å². The van der Waals surface area contributed by atoms with E-state index in [1.165, 1.54) is 6.20 Å². The summed E-state index contributed by atoms with van der Waals surface area (Å²) in [6.45, 7) is 6.44. The van der Waals surface area contributed by atoms with Gasteiger partial charge in [-0.3, -0.25) is 4.79 Å². The predicted octanol–water partition coefficient (Wildman–Crippen LogP) is 3.00. The van der Waals surface area contributed by atoms with Crippen molar-refractivity contribution in [2.75, 3.05) is 13.1 Å². The minimum absolute atomic E-state index is 0.0880. The fourth-order valence-electron chi connectivity index (χ4n) is 2.35. The molecule has 2 amide bonds. The highest BCUT2D eigenvalue weighted by Gasteiger charge is 2.27. The van der Waals surface area contributed by atoms with Crippen LogP contribution >= 0.6 is 11.6 Å². The predicted molar refractivity (Wildman–Crippen MR) is 87.5 cm³/mol. The smallest absolute Gasteiger partial charge is 0.410 e. The first-order valence-electron chi connectivity index (χ1n) is 7.75. The Balaban J connectivity index is 1.85. The highest BCUT2D eigenvalue weighted by molar-refractivity contribution is 6.29. The molecule has 0 aliphatic carbocycles. The summed E-state index contributed by atoms with van der Waals surface area (Å²) in [5.41, 5.74) is -0.417. The summed E-state index contributed by atoms with van der Waals surface area (Å²) in [6, 6.07) is 0.968. The van der Waals surface area contributed by atoms with Crippen LogP contribution in [0.5, 0.6) is 0 Å². The van der Waals surface area contributed by atoms with E-state index >= 15 is 0 Å². The van der Waals surface area contributed by atoms with Crippen molar-refractivity contribution in [2.24, 2.45) is 0 Å². The number of pyridine rings is 1. The number of ether oxygens (including phenoxy) is 1. The Kier molecular flexibility index (Phi) is 5.64. The lowest BCUT2D eigenvalue weighted by Gasteiger charge is -2.33. The average molecular weight is 358 g/mol. The number of nitrogens with one attached hydrogen (secondary N) is 1. The lowest BCUT2D eigenvalue weighted by atomic mass is 10.0. The Hall–Kier alpha value is -1.89. The normalized spacial score (nSPS) is 16.0. The van der Waals surface area contributed by atoms with Gasteiger partial charge in [0, 0.05) is 25.3 Å². The van der Waals surface area contributed by atoms with Gasteiger partial charge in [-0.2, -0.15) is 0 Å². The number of hydrogen-bond donors (Lipinski definition) is 1. The van der Waals surface area contributed by atoms with Crippen LogP contribution in [0.4, 0.5) is 9.18 Å². The first-order valence-corrected chi connectivity index (χ1v) is 8.13. The van der Waals surface area contributed by atoms with Gasteiger partial charge in [-0.1, -0.05) is 11.6 Å². The van der Waals surface area contributed by atoms with Gasteiger partial charge in [-0.15, -0.1) is 0 Å². The molecule has 1 aliphatic rings. The molecule has 2 rings (SSSR count). The van der Waals surface area contributed by atoms with Crippen molar-refractivity contribution in [3.05, 3.63) is 28.8 Å². The van der Waals surface area contributed by atoms with Crippen molar-refractivity contribution < 1.29 is 18.7 Å². The number of piperidine rings is 1. The van der Waals surface area contributed by atoms with Crippen LogP contribution in [-0.2, 0) is 4.74 Å². The molecule has 1 aliphatic heterocycles. The van der Waals surface area contributed by atoms with Crippen LogP contribution in [0.1, 0.15) is 44.0 Å². The molecule has 132 valence electrons. The molecule has 2 heterocycles. The Morgan fingerprint density at radius 2 is 2.00 bits per heavy atom. The molecule has 8 heteroatoms. The topological polar surface area (TPSA) is 71.5 Å². The van der Waals surface area contributed by atoms with Crippen LogP contribution in [0.15, 0.2) is 12.3 Å². The molecule has 0 aromatic carbocycles. The lowest BCUT2D eigenvalue weighted by molar-refractivity contribution is 0.0199. The maximum absolute atomic E-state index is 13.4. The van der Waals surface area contributed by atoms with Crippen molar-refractivity contribution >= 4 is 23.6 Å². The van der Waals surface area contributed by atoms with Crippen LogP contribution < -0.4 is 5.32 Å². The Morgan fingerprint density at radius 1 is 1.38 bits per heavy atom. The van der Waals surface area contributed by atoms with Crippen molar-refractivity contribution in [1.82, 2.24) is 15.2 Å². The maximum Gasteiger partial charge on any atom is 0.410 e. The van der Waals surface area contributed by atoms with Gasteiger partial charge >= 0.3 is 6.09 Å². The summed E-state index contributed by atoms with van der Waals surface area (Å²) in [4.78, 5) is 29.3. The Morgan fingerprint density at radius 3 is 2.54 bits per heavy atom. The summed E-state index contributed by atoms with van der Waals surface area (Å²) in [7, 11) is 0. The van der Waals surface area contributed by atoms with Gasteiger partial charge in [0.15, 0.2) is 11.0 Å². The summed E-state index contributed by atoms with van der Waals surface area (Å²) in [5, 5.41) is 2.56. The van der Waals surface area contributed by atoms with Crippen molar-refractivity contribution in [3.63, 3.8) is 0 Å². The van der Waals surface area contributed by atoms with Crippen molar-refractivity contribution in [3.8, 4) is 0 Å². The van der Waals surface area contributed by atoms with Gasteiger partial charge in [0.05, 0.1) is 5.56 Å². The van der Waals surface area contributed by atoms with E-state index in [1.807, 2.05) is 20.8 Å². The second-order valence-corrected chi connectivity index (χ2v) is 7.07. The van der Waals surface area contributed by atoms with Crippen molar-refractivity contribution in [1.29, 1.82) is 0 Å². The molecule has 1 aromatic heterocycles. The van der Waals surface area contributed by atoms with E-state index < -0.39 is 17.3 Å². The molecule has 0 radical (unpaired) electrons. The van der Waals surface area contributed by atoms with E-state index in [-0.39, 0.29) is 22.9 Å². The number of carbonyl (C=O) groups is 2. The van der Waals surface area contributed by atoms with Gasteiger partial charge in [0.25, 0.3) is 5.91 Å². The summed E-state index contributed by atoms with van der Waals surface area (Å²) in [5.74, 6) is -1.14. The number of rotatable bonds is 2. The molecule has 6 nitrogen and oxygen atoms in total. The number of nitrogens with zero attached hydrogens (tertiary/aromatic N) is 2. The molecule has 1 fully saturated rings. The largest absolute Gasteiger partial charge is 0.444 e. The molecule has 24 heavy (non-hydrogen) atoms. The van der Waals surface area contributed by atoms with Gasteiger partial charge < -0.3 is 15.0 Å². The van der Waals surface area contributed by atoms with Crippen LogP contribution in [0, 0.1) is 5.82 Å². The van der Waals surface area contributed by atoms with E-state index in [9.17, 15) is 14.0 Å². The van der Waals surface area contributed by atoms with Crippen LogP contribution in [0.3, 0.4) is 0 Å². The molecule has 1 aromatic rings. The monoisotopic (exact) mass is 357 g/mol. The van der Waals surface area contributed by atoms with Gasteiger partial charge in [0.2, 0.25) is 0 Å². The minimum Gasteiger partial charge on any atom is -0.444 e. The zero-order chi connectivity index (χ0) is 17.9. The molecule has 0 spiro atoms. The Labute approximate surface area is 145 Å². The maximum atomic E-state index is 13.4. The fraction of sp³-hybridized carbons (Fsp3) is 0.562. The number of halogens is 2. The van der Waals surface area contributed by atoms with E-state index in [0.29, 0.717) is 25.9 Å². The van der Waals surface area contributed by atoms with Crippen molar-refractivity contribution in [2.45, 2.75) is 45.3 Å². The number of likely N-dealkylation sites (tertiary alicyclic amines) is 1. The molecule has 1 saturated heterocycles. The zero-order valence-electron chi connectivity index (χ0n) is 13.9. The van der Waals surface area contributed by atoms with E-state index in [1.54, 1.807) is 4.90 Å². The second-order valence-electron chi connectivity index (χ2n) is 6.71. The number of hydrogen-bond acceptors (Lipinski definition) is 4. The number of amides is 2. The number of aromatic nitrogens is 1. The Bertz CT molecular complexity index is 625. The molecule has 0 atom stereocenters. The van der Waals surface area contributed by atoms with Crippen LogP contribution in [0.2, 0.25) is 5.15 Å². The molecule has 0 unspecified atom stereocenters. The van der Waals surface area contributed by atoms with E-state index in [2.05, 4.69) is 10.3 Å². The van der Waals surface area contributed by atoms with Gasteiger partial charge in [0.1, 0.15) is 5.60 Å². The third-order valence-corrected chi connectivity index (χ3v) is 3.82. The standard InChI is InChI=1S/C16H21ClFN3O3/c1-16(2,3)24-15(23)21-6-4-11(5-7-21)20-14(22)10-8-12(18)13(17)19-9-10/h8-9,11H,4-7H2,1-3H3,(H,20,22). The molecule has 0 bridgehead atoms. The third kappa shape index (κ3) is 5.06. The molecular formula is C16H21ClFN3O3. The van der Waals surface area contributed by atoms with E-state index in [4.69, 9.17) is 16.3 Å². The summed E-state index contributed by atoms with van der Waals surface area (Å²) < 4.78 is 18.7. The second kappa shape index (κ2) is 7.34. The van der Waals surface area contributed by atoms with Gasteiger partial charge in [-0.25, -0.2) is 14.2 Å². The molecule has 0 saturated carbocycles. The minimum atomic E-state index is -0.732. The first kappa shape index (κ1) is 18.4. The summed E-state index contributed by atoms with van der Waals surface area (Å²) >= 11 is 5.50. The zero-order valence-corrected chi connectivity index (χ0v) is 14.7. The SMILES string of the molecule is CC(C)(C)OC(=O)N1CCC(NC(=O)c2cnc(Cl)c(F)c2)CC1. The molecule has 1 N–H and O–H groups in total. The fourth-order valence-corrected chi connectivity index (χ4v) is 2.45. The van der Waals surface area contributed by atoms with Gasteiger partial charge in [-0.05, 0) is 39.7 Å². The number of carbonyl (C=O) groups excluding carboxylic acids is 2. The van der Waals surface area contributed by atoms with E-state index in [0.717, 1.165) is 6.07 Å². The lowest BCUT2D eigenvalue weighted by Crippen LogP contribution is -2.47. The quantitative estimate of drug-likeness (QED) is 0.826. The van der Waals surface area contributed by atoms with Crippen LogP contribution in [-0.4, -0.2) is 46.6 Å². The average Bonchev–Trinajstić information content (AvgIpc) is 2.49. The third-order valence-electron chi connectivity index (χ3n) is 3.54. The molecular weight excluding hydrogens is 337 g/mol.